The summed E-state index contributed by atoms with van der Waals surface area (Å²) in [5, 5.41) is 0. The van der Waals surface area contributed by atoms with Crippen molar-refractivity contribution in [3.63, 3.8) is 0 Å². The van der Waals surface area contributed by atoms with Crippen LogP contribution >= 0.6 is 12.2 Å². The number of thiocarbonyl (C=S) groups is 1. The first-order valence-electron chi connectivity index (χ1n) is 5.64. The summed E-state index contributed by atoms with van der Waals surface area (Å²) >= 11 is 4.92. The molecule has 94 valence electrons. The van der Waals surface area contributed by atoms with E-state index in [0.29, 0.717) is 11.0 Å². The second-order valence-electron chi connectivity index (χ2n) is 4.28. The number of methoxy groups -OCH3 is 1. The lowest BCUT2D eigenvalue weighted by Crippen LogP contribution is -2.32. The molecular weight excluding hydrogens is 232 g/mol. The third kappa shape index (κ3) is 4.71. The van der Waals surface area contributed by atoms with Gasteiger partial charge in [0.2, 0.25) is 0 Å². The Morgan fingerprint density at radius 2 is 2.00 bits per heavy atom. The Balaban J connectivity index is 2.54. The summed E-state index contributed by atoms with van der Waals surface area (Å²) in [6.45, 7) is 3.01. The topological polar surface area (TPSA) is 38.5 Å². The van der Waals surface area contributed by atoms with Gasteiger partial charge in [0.15, 0.2) is 0 Å². The van der Waals surface area contributed by atoms with Crippen LogP contribution in [0, 0.1) is 0 Å². The molecule has 1 aromatic rings. The van der Waals surface area contributed by atoms with Gasteiger partial charge in [0, 0.05) is 19.0 Å². The third-order valence-electron chi connectivity index (χ3n) is 2.84. The van der Waals surface area contributed by atoms with Gasteiger partial charge in [0.05, 0.1) is 12.1 Å². The van der Waals surface area contributed by atoms with Crippen molar-refractivity contribution < 1.29 is 4.74 Å². The predicted octanol–water partition coefficient (Wildman–Crippen LogP) is 2.19. The Morgan fingerprint density at radius 1 is 1.41 bits per heavy atom. The molecule has 1 aromatic carbocycles. The van der Waals surface area contributed by atoms with E-state index >= 15 is 0 Å². The summed E-state index contributed by atoms with van der Waals surface area (Å²) in [6, 6.07) is 8.45. The Labute approximate surface area is 109 Å². The van der Waals surface area contributed by atoms with E-state index < -0.39 is 0 Å². The first-order chi connectivity index (χ1) is 8.02. The molecule has 1 unspecified atom stereocenters. The summed E-state index contributed by atoms with van der Waals surface area (Å²) in [6.07, 6.45) is 0.752. The van der Waals surface area contributed by atoms with E-state index in [1.54, 1.807) is 7.11 Å². The van der Waals surface area contributed by atoms with Gasteiger partial charge in [-0.2, -0.15) is 0 Å². The maximum absolute atomic E-state index is 5.55. The van der Waals surface area contributed by atoms with Crippen LogP contribution in [0.3, 0.4) is 0 Å². The van der Waals surface area contributed by atoms with E-state index in [0.717, 1.165) is 18.7 Å². The van der Waals surface area contributed by atoms with Gasteiger partial charge in [-0.3, -0.25) is 4.90 Å². The van der Waals surface area contributed by atoms with E-state index in [4.69, 9.17) is 22.7 Å². The van der Waals surface area contributed by atoms with E-state index in [-0.39, 0.29) is 0 Å². The number of hydrogen-bond acceptors (Lipinski definition) is 3. The van der Waals surface area contributed by atoms with E-state index in [1.165, 1.54) is 5.56 Å². The second-order valence-corrected chi connectivity index (χ2v) is 4.81. The van der Waals surface area contributed by atoms with Gasteiger partial charge < -0.3 is 10.5 Å². The number of hydrogen-bond donors (Lipinski definition) is 1. The highest BCUT2D eigenvalue weighted by atomic mass is 32.1. The maximum atomic E-state index is 5.55. The smallest absolute Gasteiger partial charge is 0.118 e. The monoisotopic (exact) mass is 252 g/mol. The zero-order valence-corrected chi connectivity index (χ0v) is 11.5. The molecule has 1 rings (SSSR count). The minimum absolute atomic E-state index is 0.356. The van der Waals surface area contributed by atoms with Crippen molar-refractivity contribution >= 4 is 17.2 Å². The maximum Gasteiger partial charge on any atom is 0.118 e. The molecule has 0 bridgehead atoms. The third-order valence-corrected chi connectivity index (χ3v) is 3.01. The van der Waals surface area contributed by atoms with Gasteiger partial charge in [-0.05, 0) is 31.7 Å². The van der Waals surface area contributed by atoms with Crippen molar-refractivity contribution in [1.82, 2.24) is 4.90 Å². The standard InChI is InChI=1S/C13H20N2OS/c1-10(8-13(14)17)15(2)9-11-4-6-12(16-3)7-5-11/h4-7,10H,8-9H2,1-3H3,(H2,14,17). The number of nitrogens with two attached hydrogens (primary N) is 1. The van der Waals surface area contributed by atoms with Crippen LogP contribution in [0.4, 0.5) is 0 Å². The van der Waals surface area contributed by atoms with Crippen molar-refractivity contribution in [2.75, 3.05) is 14.2 Å². The fourth-order valence-electron chi connectivity index (χ4n) is 1.62. The summed E-state index contributed by atoms with van der Waals surface area (Å²) < 4.78 is 5.13. The molecule has 0 saturated heterocycles. The molecule has 0 radical (unpaired) electrons. The minimum atomic E-state index is 0.356. The zero-order chi connectivity index (χ0) is 12.8. The SMILES string of the molecule is COc1ccc(CN(C)C(C)CC(N)=S)cc1. The molecule has 0 aliphatic rings. The normalized spacial score (nSPS) is 12.5. The van der Waals surface area contributed by atoms with Crippen molar-refractivity contribution in [2.24, 2.45) is 5.73 Å². The molecule has 0 aliphatic heterocycles. The lowest BCUT2D eigenvalue weighted by molar-refractivity contribution is 0.255. The van der Waals surface area contributed by atoms with Crippen LogP contribution in [0.2, 0.25) is 0 Å². The van der Waals surface area contributed by atoms with Crippen LogP contribution < -0.4 is 10.5 Å². The largest absolute Gasteiger partial charge is 0.497 e. The fraction of sp³-hybridized carbons (Fsp3) is 0.462. The molecule has 0 amide bonds. The predicted molar refractivity (Wildman–Crippen MR) is 75.3 cm³/mol. The van der Waals surface area contributed by atoms with Crippen LogP contribution in [0.15, 0.2) is 24.3 Å². The molecule has 17 heavy (non-hydrogen) atoms. The van der Waals surface area contributed by atoms with Gasteiger partial charge in [-0.1, -0.05) is 24.4 Å². The lowest BCUT2D eigenvalue weighted by atomic mass is 10.1. The van der Waals surface area contributed by atoms with Crippen molar-refractivity contribution in [2.45, 2.75) is 25.9 Å². The second kappa shape index (κ2) is 6.57. The average molecular weight is 252 g/mol. The molecule has 2 N–H and O–H groups in total. The highest BCUT2D eigenvalue weighted by molar-refractivity contribution is 7.80. The number of ether oxygens (including phenoxy) is 1. The van der Waals surface area contributed by atoms with Crippen LogP contribution in [0.1, 0.15) is 18.9 Å². The Hall–Kier alpha value is -1.13. The Bertz CT molecular complexity index is 364. The quantitative estimate of drug-likeness (QED) is 0.788. The molecular formula is C13H20N2OS. The molecule has 0 heterocycles. The molecule has 0 spiro atoms. The Morgan fingerprint density at radius 3 is 2.47 bits per heavy atom. The number of nitrogens with zero attached hydrogens (tertiary/aromatic N) is 1. The zero-order valence-electron chi connectivity index (χ0n) is 10.6. The molecule has 0 fully saturated rings. The van der Waals surface area contributed by atoms with Crippen LogP contribution in [-0.4, -0.2) is 30.1 Å². The van der Waals surface area contributed by atoms with Gasteiger partial charge in [0.1, 0.15) is 5.75 Å². The van der Waals surface area contributed by atoms with E-state index in [2.05, 4.69) is 31.0 Å². The van der Waals surface area contributed by atoms with Gasteiger partial charge in [-0.25, -0.2) is 0 Å². The first-order valence-corrected chi connectivity index (χ1v) is 6.05. The number of benzene rings is 1. The summed E-state index contributed by atoms with van der Waals surface area (Å²) in [5.41, 5.74) is 6.80. The molecule has 3 nitrogen and oxygen atoms in total. The molecule has 1 atom stereocenters. The first kappa shape index (κ1) is 13.9. The number of rotatable bonds is 6. The molecule has 4 heteroatoms. The summed E-state index contributed by atoms with van der Waals surface area (Å²) in [7, 11) is 3.75. The van der Waals surface area contributed by atoms with Crippen LogP contribution in [0.25, 0.3) is 0 Å². The Kier molecular flexibility index (Phi) is 5.38. The van der Waals surface area contributed by atoms with Crippen LogP contribution in [-0.2, 0) is 6.54 Å². The van der Waals surface area contributed by atoms with Gasteiger partial charge in [0.25, 0.3) is 0 Å². The fourth-order valence-corrected chi connectivity index (χ4v) is 1.86. The molecule has 0 aromatic heterocycles. The average Bonchev–Trinajstić information content (AvgIpc) is 2.29. The lowest BCUT2D eigenvalue weighted by Gasteiger charge is -2.24. The van der Waals surface area contributed by atoms with Gasteiger partial charge in [-0.15, -0.1) is 0 Å². The highest BCUT2D eigenvalue weighted by Gasteiger charge is 2.10. The van der Waals surface area contributed by atoms with Crippen LogP contribution in [0.5, 0.6) is 5.75 Å². The highest BCUT2D eigenvalue weighted by Crippen LogP contribution is 2.14. The van der Waals surface area contributed by atoms with Crippen molar-refractivity contribution in [1.29, 1.82) is 0 Å². The minimum Gasteiger partial charge on any atom is -0.497 e. The summed E-state index contributed by atoms with van der Waals surface area (Å²) in [5.74, 6) is 0.882. The molecule has 0 saturated carbocycles. The van der Waals surface area contributed by atoms with Crippen molar-refractivity contribution in [3.8, 4) is 5.75 Å². The van der Waals surface area contributed by atoms with Crippen molar-refractivity contribution in [3.05, 3.63) is 29.8 Å². The van der Waals surface area contributed by atoms with E-state index in [1.807, 2.05) is 12.1 Å². The summed E-state index contributed by atoms with van der Waals surface area (Å²) in [4.78, 5) is 2.81. The molecule has 0 aliphatic carbocycles. The van der Waals surface area contributed by atoms with Gasteiger partial charge >= 0.3 is 0 Å². The van der Waals surface area contributed by atoms with E-state index in [9.17, 15) is 0 Å².